The van der Waals surface area contributed by atoms with Crippen LogP contribution in [-0.2, 0) is 0 Å². The first-order chi connectivity index (χ1) is 30.7. The summed E-state index contributed by atoms with van der Waals surface area (Å²) in [5.74, 6) is 1.51. The van der Waals surface area contributed by atoms with E-state index in [1.165, 1.54) is 0 Å². The molecule has 1 aliphatic carbocycles. The van der Waals surface area contributed by atoms with Gasteiger partial charge in [0.1, 0.15) is 11.9 Å². The van der Waals surface area contributed by atoms with Gasteiger partial charge in [-0.2, -0.15) is 0 Å². The summed E-state index contributed by atoms with van der Waals surface area (Å²) in [6, 6.07) is 72.2. The quantitative estimate of drug-likeness (QED) is 0.161. The second kappa shape index (κ2) is 14.8. The Kier molecular flexibility index (Phi) is 8.52. The second-order valence-electron chi connectivity index (χ2n) is 15.8. The molecule has 8 aromatic carbocycles. The molecule has 10 aromatic rings. The summed E-state index contributed by atoms with van der Waals surface area (Å²) in [6.45, 7) is 0. The Morgan fingerprint density at radius 3 is 1.90 bits per heavy atom. The standard InChI is InChI=1S/C56H39N5O/c1-4-16-38(17-5-1)55-46-23-10-12-24-48(46)57-56(58-55)61-49-25-13-11-22-45(49)47-36-39(28-34-50(47)61)40-29-35-52-54(37-40)62-53-27-15-14-26-51(53)60(52)44-32-30-43(31-33-44)59(41-18-6-2-7-19-41)42-20-8-3-9-21-42/h1-37,52,54H. The van der Waals surface area contributed by atoms with Gasteiger partial charge in [0.15, 0.2) is 0 Å². The van der Waals surface area contributed by atoms with E-state index in [0.29, 0.717) is 5.95 Å². The molecule has 6 heteroatoms. The topological polar surface area (TPSA) is 46.4 Å². The molecule has 12 rings (SSSR count). The van der Waals surface area contributed by atoms with Crippen LogP contribution in [0.25, 0.3) is 55.5 Å². The highest BCUT2D eigenvalue weighted by atomic mass is 16.5. The van der Waals surface area contributed by atoms with Crippen molar-refractivity contribution in [3.63, 3.8) is 0 Å². The molecule has 6 nitrogen and oxygen atoms in total. The van der Waals surface area contributed by atoms with E-state index in [0.717, 1.165) is 89.3 Å². The van der Waals surface area contributed by atoms with Crippen LogP contribution < -0.4 is 14.5 Å². The molecule has 294 valence electrons. The third-order valence-corrected chi connectivity index (χ3v) is 12.1. The molecule has 62 heavy (non-hydrogen) atoms. The van der Waals surface area contributed by atoms with Crippen molar-refractivity contribution in [3.05, 3.63) is 230 Å². The average molecular weight is 798 g/mol. The van der Waals surface area contributed by atoms with Crippen molar-refractivity contribution >= 4 is 66.7 Å². The van der Waals surface area contributed by atoms with Crippen LogP contribution in [-0.4, -0.2) is 26.7 Å². The molecule has 0 N–H and O–H groups in total. The Hall–Kier alpha value is -8.22. The summed E-state index contributed by atoms with van der Waals surface area (Å²) in [7, 11) is 0. The van der Waals surface area contributed by atoms with E-state index in [1.54, 1.807) is 0 Å². The zero-order valence-corrected chi connectivity index (χ0v) is 33.7. The number of anilines is 5. The van der Waals surface area contributed by atoms with Crippen molar-refractivity contribution in [1.29, 1.82) is 0 Å². The van der Waals surface area contributed by atoms with Crippen LogP contribution in [0.3, 0.4) is 0 Å². The van der Waals surface area contributed by atoms with Crippen LogP contribution in [0.5, 0.6) is 5.75 Å². The van der Waals surface area contributed by atoms with Gasteiger partial charge in [-0.15, -0.1) is 0 Å². The fourth-order valence-corrected chi connectivity index (χ4v) is 9.26. The highest BCUT2D eigenvalue weighted by molar-refractivity contribution is 6.10. The van der Waals surface area contributed by atoms with Gasteiger partial charge in [-0.05, 0) is 102 Å². The Morgan fingerprint density at radius 1 is 0.500 bits per heavy atom. The molecule has 2 atom stereocenters. The molecule has 0 saturated carbocycles. The summed E-state index contributed by atoms with van der Waals surface area (Å²) in [5, 5.41) is 3.32. The van der Waals surface area contributed by atoms with Crippen LogP contribution in [0.1, 0.15) is 5.56 Å². The number of hydrogen-bond acceptors (Lipinski definition) is 5. The molecule has 0 fully saturated rings. The van der Waals surface area contributed by atoms with Crippen molar-refractivity contribution in [2.45, 2.75) is 12.1 Å². The highest BCUT2D eigenvalue weighted by Gasteiger charge is 2.36. The lowest BCUT2D eigenvalue weighted by atomic mass is 9.91. The van der Waals surface area contributed by atoms with Crippen molar-refractivity contribution in [1.82, 2.24) is 14.5 Å². The SMILES string of the molecule is C1=CC2C(C=C1c1ccc3c(c1)c1ccccc1n3-c1nc(-c3ccccc3)c3ccccc3n1)Oc1ccccc1N2c1ccc(N(c2ccccc2)c2ccccc2)cc1. The van der Waals surface area contributed by atoms with Gasteiger partial charge in [-0.3, -0.25) is 4.57 Å². The van der Waals surface area contributed by atoms with Crippen LogP contribution in [0.2, 0.25) is 0 Å². The lowest BCUT2D eigenvalue weighted by molar-refractivity contribution is 0.219. The number of ether oxygens (including phenoxy) is 1. The normalized spacial score (nSPS) is 15.5. The van der Waals surface area contributed by atoms with E-state index in [9.17, 15) is 0 Å². The van der Waals surface area contributed by atoms with Crippen molar-refractivity contribution in [2.24, 2.45) is 0 Å². The molecule has 0 radical (unpaired) electrons. The van der Waals surface area contributed by atoms with Crippen LogP contribution >= 0.6 is 0 Å². The monoisotopic (exact) mass is 797 g/mol. The third-order valence-electron chi connectivity index (χ3n) is 12.1. The molecule has 0 bridgehead atoms. The van der Waals surface area contributed by atoms with Crippen LogP contribution in [0.15, 0.2) is 224 Å². The fraction of sp³-hybridized carbons (Fsp3) is 0.0357. The van der Waals surface area contributed by atoms with Gasteiger partial charge < -0.3 is 14.5 Å². The van der Waals surface area contributed by atoms with Gasteiger partial charge in [0, 0.05) is 44.5 Å². The van der Waals surface area contributed by atoms with Gasteiger partial charge in [0.2, 0.25) is 5.95 Å². The van der Waals surface area contributed by atoms with Gasteiger partial charge >= 0.3 is 0 Å². The van der Waals surface area contributed by atoms with Gasteiger partial charge in [0.05, 0.1) is 34.0 Å². The van der Waals surface area contributed by atoms with Crippen molar-refractivity contribution in [3.8, 4) is 23.0 Å². The molecule has 2 aromatic heterocycles. The largest absolute Gasteiger partial charge is 0.482 e. The molecular formula is C56H39N5O. The van der Waals surface area contributed by atoms with Crippen LogP contribution in [0.4, 0.5) is 28.4 Å². The molecule has 0 amide bonds. The average Bonchev–Trinajstić information content (AvgIpc) is 3.68. The Bertz CT molecular complexity index is 3300. The van der Waals surface area contributed by atoms with Crippen molar-refractivity contribution < 1.29 is 4.74 Å². The van der Waals surface area contributed by atoms with E-state index in [1.807, 2.05) is 18.2 Å². The van der Waals surface area contributed by atoms with E-state index in [2.05, 4.69) is 221 Å². The maximum atomic E-state index is 6.82. The zero-order chi connectivity index (χ0) is 41.0. The van der Waals surface area contributed by atoms with Gasteiger partial charge in [-0.1, -0.05) is 133 Å². The first kappa shape index (κ1) is 35.7. The maximum Gasteiger partial charge on any atom is 0.235 e. The van der Waals surface area contributed by atoms with E-state index in [-0.39, 0.29) is 12.1 Å². The summed E-state index contributed by atoms with van der Waals surface area (Å²) in [5.41, 5.74) is 12.7. The smallest absolute Gasteiger partial charge is 0.235 e. The Labute approximate surface area is 359 Å². The summed E-state index contributed by atoms with van der Waals surface area (Å²) < 4.78 is 9.03. The fourth-order valence-electron chi connectivity index (χ4n) is 9.26. The van der Waals surface area contributed by atoms with Crippen LogP contribution in [0, 0.1) is 0 Å². The molecule has 0 spiro atoms. The highest BCUT2D eigenvalue weighted by Crippen LogP contribution is 2.45. The number of fused-ring (bicyclic) bond motifs is 6. The molecular weight excluding hydrogens is 759 g/mol. The van der Waals surface area contributed by atoms with E-state index >= 15 is 0 Å². The number of hydrogen-bond donors (Lipinski definition) is 0. The lowest BCUT2D eigenvalue weighted by Gasteiger charge is -2.43. The number of para-hydroxylation sites is 6. The Morgan fingerprint density at radius 2 is 1.13 bits per heavy atom. The minimum Gasteiger partial charge on any atom is -0.482 e. The van der Waals surface area contributed by atoms with Gasteiger partial charge in [0.25, 0.3) is 0 Å². The lowest BCUT2D eigenvalue weighted by Crippen LogP contribution is -2.46. The number of allylic oxidation sites excluding steroid dienone is 2. The number of aromatic nitrogens is 3. The predicted octanol–water partition coefficient (Wildman–Crippen LogP) is 13.8. The maximum absolute atomic E-state index is 6.82. The third kappa shape index (κ3) is 6.03. The first-order valence-corrected chi connectivity index (χ1v) is 21.1. The zero-order valence-electron chi connectivity index (χ0n) is 33.7. The van der Waals surface area contributed by atoms with E-state index < -0.39 is 0 Å². The van der Waals surface area contributed by atoms with Crippen molar-refractivity contribution in [2.75, 3.05) is 9.80 Å². The number of nitrogens with zero attached hydrogens (tertiary/aromatic N) is 5. The second-order valence-corrected chi connectivity index (χ2v) is 15.8. The summed E-state index contributed by atoms with van der Waals surface area (Å²) >= 11 is 0. The Balaban J connectivity index is 0.916. The summed E-state index contributed by atoms with van der Waals surface area (Å²) in [6.07, 6.45) is 6.62. The summed E-state index contributed by atoms with van der Waals surface area (Å²) in [4.78, 5) is 15.1. The minimum absolute atomic E-state index is 0.0478. The van der Waals surface area contributed by atoms with E-state index in [4.69, 9.17) is 14.7 Å². The minimum atomic E-state index is -0.214. The molecule has 2 aliphatic rings. The molecule has 0 saturated heterocycles. The molecule has 2 unspecified atom stereocenters. The first-order valence-electron chi connectivity index (χ1n) is 21.1. The molecule has 1 aliphatic heterocycles. The van der Waals surface area contributed by atoms with Gasteiger partial charge in [-0.25, -0.2) is 9.97 Å². The molecule has 3 heterocycles. The number of rotatable bonds is 7. The predicted molar refractivity (Wildman–Crippen MR) is 254 cm³/mol. The number of benzene rings is 8.